The summed E-state index contributed by atoms with van der Waals surface area (Å²) in [5.74, 6) is 0.583. The smallest absolute Gasteiger partial charge is 0.292 e. The van der Waals surface area contributed by atoms with Crippen LogP contribution in [0.3, 0.4) is 0 Å². The first-order valence-corrected chi connectivity index (χ1v) is 5.94. The molecule has 3 nitrogen and oxygen atoms in total. The summed E-state index contributed by atoms with van der Waals surface area (Å²) in [6, 6.07) is 8.99. The van der Waals surface area contributed by atoms with Crippen LogP contribution in [0.25, 0.3) is 0 Å². The molecular weight excluding hydrogens is 212 g/mol. The van der Waals surface area contributed by atoms with Gasteiger partial charge in [-0.2, -0.15) is 4.98 Å². The summed E-state index contributed by atoms with van der Waals surface area (Å²) in [6.45, 7) is 4.40. The highest BCUT2D eigenvalue weighted by atomic mass is 16.4. The molecule has 0 unspecified atom stereocenters. The number of anilines is 1. The third kappa shape index (κ3) is 3.09. The Balaban J connectivity index is 1.95. The minimum atomic E-state index is 0.246. The molecule has 0 saturated heterocycles. The van der Waals surface area contributed by atoms with E-state index in [1.807, 2.05) is 0 Å². The van der Waals surface area contributed by atoms with Crippen molar-refractivity contribution in [2.24, 2.45) is 0 Å². The van der Waals surface area contributed by atoms with Crippen molar-refractivity contribution in [3.63, 3.8) is 0 Å². The first-order valence-electron chi connectivity index (χ1n) is 5.94. The molecular formula is C14H18N2O. The van der Waals surface area contributed by atoms with Crippen LogP contribution in [0.1, 0.15) is 36.6 Å². The molecule has 0 saturated carbocycles. The Morgan fingerprint density at radius 3 is 2.41 bits per heavy atom. The van der Waals surface area contributed by atoms with Crippen molar-refractivity contribution in [2.75, 3.05) is 5.73 Å². The number of rotatable bonds is 4. The highest BCUT2D eigenvalue weighted by Gasteiger charge is 2.02. The van der Waals surface area contributed by atoms with Crippen molar-refractivity contribution in [3.05, 3.63) is 47.3 Å². The zero-order valence-corrected chi connectivity index (χ0v) is 10.3. The maximum absolute atomic E-state index is 5.42. The van der Waals surface area contributed by atoms with Crippen molar-refractivity contribution >= 4 is 6.01 Å². The van der Waals surface area contributed by atoms with Gasteiger partial charge in [0.1, 0.15) is 6.26 Å². The van der Waals surface area contributed by atoms with E-state index in [4.69, 9.17) is 10.2 Å². The van der Waals surface area contributed by atoms with Crippen molar-refractivity contribution < 1.29 is 4.42 Å². The lowest BCUT2D eigenvalue weighted by molar-refractivity contribution is 0.578. The number of aryl methyl sites for hydroxylation is 2. The lowest BCUT2D eigenvalue weighted by Gasteiger charge is -2.06. The summed E-state index contributed by atoms with van der Waals surface area (Å²) in [5, 5.41) is 0. The Kier molecular flexibility index (Phi) is 3.47. The number of hydrogen-bond donors (Lipinski definition) is 1. The van der Waals surface area contributed by atoms with Gasteiger partial charge in [-0.05, 0) is 29.9 Å². The number of nitrogens with two attached hydrogens (primary N) is 1. The molecule has 0 atom stereocenters. The molecule has 1 heterocycles. The van der Waals surface area contributed by atoms with Crippen LogP contribution in [-0.4, -0.2) is 4.98 Å². The second-order valence-corrected chi connectivity index (χ2v) is 4.57. The largest absolute Gasteiger partial charge is 0.432 e. The number of oxazole rings is 1. The average molecular weight is 230 g/mol. The molecule has 0 amide bonds. The molecule has 1 aromatic carbocycles. The zero-order valence-electron chi connectivity index (χ0n) is 10.3. The van der Waals surface area contributed by atoms with Gasteiger partial charge in [0.25, 0.3) is 6.01 Å². The van der Waals surface area contributed by atoms with Crippen LogP contribution < -0.4 is 5.73 Å². The van der Waals surface area contributed by atoms with Crippen LogP contribution in [-0.2, 0) is 12.8 Å². The van der Waals surface area contributed by atoms with Crippen LogP contribution in [0, 0.1) is 0 Å². The number of benzene rings is 1. The Bertz CT molecular complexity index is 471. The van der Waals surface area contributed by atoms with Crippen LogP contribution in [0.5, 0.6) is 0 Å². The summed E-state index contributed by atoms with van der Waals surface area (Å²) in [7, 11) is 0. The molecule has 17 heavy (non-hydrogen) atoms. The van der Waals surface area contributed by atoms with Crippen molar-refractivity contribution in [1.29, 1.82) is 0 Å². The van der Waals surface area contributed by atoms with Gasteiger partial charge >= 0.3 is 0 Å². The van der Waals surface area contributed by atoms with E-state index in [9.17, 15) is 0 Å². The van der Waals surface area contributed by atoms with Crippen LogP contribution in [0.4, 0.5) is 6.01 Å². The number of hydrogen-bond acceptors (Lipinski definition) is 3. The first kappa shape index (κ1) is 11.7. The second-order valence-electron chi connectivity index (χ2n) is 4.57. The standard InChI is InChI=1S/C14H18N2O/c1-10(2)12-6-3-11(4-7-12)5-8-13-9-17-14(15)16-13/h3-4,6-7,9-10H,5,8H2,1-2H3,(H2,15,16). The van der Waals surface area contributed by atoms with Crippen molar-refractivity contribution in [1.82, 2.24) is 4.98 Å². The number of nitrogens with zero attached hydrogens (tertiary/aromatic N) is 1. The van der Waals surface area contributed by atoms with Gasteiger partial charge in [0.2, 0.25) is 0 Å². The molecule has 2 aromatic rings. The third-order valence-corrected chi connectivity index (χ3v) is 2.89. The molecule has 0 aliphatic carbocycles. The zero-order chi connectivity index (χ0) is 12.3. The predicted molar refractivity (Wildman–Crippen MR) is 68.9 cm³/mol. The summed E-state index contributed by atoms with van der Waals surface area (Å²) in [5.41, 5.74) is 9.03. The Hall–Kier alpha value is -1.77. The normalized spacial score (nSPS) is 11.0. The minimum absolute atomic E-state index is 0.246. The van der Waals surface area contributed by atoms with Gasteiger partial charge in [-0.3, -0.25) is 0 Å². The van der Waals surface area contributed by atoms with E-state index < -0.39 is 0 Å². The Morgan fingerprint density at radius 1 is 1.18 bits per heavy atom. The van der Waals surface area contributed by atoms with Crippen LogP contribution in [0.15, 0.2) is 34.9 Å². The monoisotopic (exact) mass is 230 g/mol. The summed E-state index contributed by atoms with van der Waals surface area (Å²) in [6.07, 6.45) is 3.45. The second kappa shape index (κ2) is 5.04. The predicted octanol–water partition coefficient (Wildman–Crippen LogP) is 3.17. The van der Waals surface area contributed by atoms with E-state index >= 15 is 0 Å². The fourth-order valence-corrected chi connectivity index (χ4v) is 1.78. The summed E-state index contributed by atoms with van der Waals surface area (Å²) >= 11 is 0. The summed E-state index contributed by atoms with van der Waals surface area (Å²) < 4.78 is 4.97. The number of aromatic nitrogens is 1. The lowest BCUT2D eigenvalue weighted by Crippen LogP contribution is -1.94. The van der Waals surface area contributed by atoms with Crippen LogP contribution in [0.2, 0.25) is 0 Å². The van der Waals surface area contributed by atoms with Gasteiger partial charge in [-0.15, -0.1) is 0 Å². The SMILES string of the molecule is CC(C)c1ccc(CCc2coc(N)n2)cc1. The van der Waals surface area contributed by atoms with E-state index in [0.29, 0.717) is 5.92 Å². The highest BCUT2D eigenvalue weighted by Crippen LogP contribution is 2.16. The maximum atomic E-state index is 5.42. The molecule has 2 rings (SSSR count). The van der Waals surface area contributed by atoms with E-state index in [0.717, 1.165) is 18.5 Å². The lowest BCUT2D eigenvalue weighted by atomic mass is 10.00. The van der Waals surface area contributed by atoms with E-state index in [2.05, 4.69) is 43.1 Å². The van der Waals surface area contributed by atoms with Gasteiger partial charge in [0.15, 0.2) is 0 Å². The molecule has 3 heteroatoms. The average Bonchev–Trinajstić information content (AvgIpc) is 2.73. The van der Waals surface area contributed by atoms with Gasteiger partial charge in [0.05, 0.1) is 5.69 Å². The van der Waals surface area contributed by atoms with Gasteiger partial charge in [-0.1, -0.05) is 38.1 Å². The minimum Gasteiger partial charge on any atom is -0.432 e. The molecule has 0 spiro atoms. The fourth-order valence-electron chi connectivity index (χ4n) is 1.78. The first-order chi connectivity index (χ1) is 8.15. The topological polar surface area (TPSA) is 52.0 Å². The Labute approximate surface area is 102 Å². The van der Waals surface area contributed by atoms with E-state index in [-0.39, 0.29) is 6.01 Å². The molecule has 2 N–H and O–H groups in total. The van der Waals surface area contributed by atoms with Crippen LogP contribution >= 0.6 is 0 Å². The molecule has 0 bridgehead atoms. The molecule has 90 valence electrons. The Morgan fingerprint density at radius 2 is 1.88 bits per heavy atom. The van der Waals surface area contributed by atoms with Gasteiger partial charge in [-0.25, -0.2) is 0 Å². The number of nitrogen functional groups attached to an aromatic ring is 1. The molecule has 0 aliphatic heterocycles. The van der Waals surface area contributed by atoms with Gasteiger partial charge in [0, 0.05) is 0 Å². The van der Waals surface area contributed by atoms with Gasteiger partial charge < -0.3 is 10.2 Å². The van der Waals surface area contributed by atoms with Crippen molar-refractivity contribution in [3.8, 4) is 0 Å². The van der Waals surface area contributed by atoms with E-state index in [1.165, 1.54) is 11.1 Å². The van der Waals surface area contributed by atoms with E-state index in [1.54, 1.807) is 6.26 Å². The third-order valence-electron chi connectivity index (χ3n) is 2.89. The molecule has 0 radical (unpaired) electrons. The quantitative estimate of drug-likeness (QED) is 0.877. The summed E-state index contributed by atoms with van der Waals surface area (Å²) in [4.78, 5) is 4.08. The molecule has 1 aromatic heterocycles. The molecule has 0 fully saturated rings. The van der Waals surface area contributed by atoms with Crippen molar-refractivity contribution in [2.45, 2.75) is 32.6 Å². The molecule has 0 aliphatic rings. The fraction of sp³-hybridized carbons (Fsp3) is 0.357. The maximum Gasteiger partial charge on any atom is 0.292 e. The highest BCUT2D eigenvalue weighted by molar-refractivity contribution is 5.25.